The second-order valence-electron chi connectivity index (χ2n) is 7.06. The summed E-state index contributed by atoms with van der Waals surface area (Å²) >= 11 is 0. The Hall–Kier alpha value is -3.18. The van der Waals surface area contributed by atoms with Gasteiger partial charge in [0.05, 0.1) is 31.2 Å². The summed E-state index contributed by atoms with van der Waals surface area (Å²) in [4.78, 5) is 12.5. The van der Waals surface area contributed by atoms with Gasteiger partial charge in [0.15, 0.2) is 11.5 Å². The first-order chi connectivity index (χ1) is 14.7. The van der Waals surface area contributed by atoms with Crippen LogP contribution in [0, 0.1) is 0 Å². The molecule has 0 bridgehead atoms. The third-order valence-electron chi connectivity index (χ3n) is 4.44. The zero-order chi connectivity index (χ0) is 22.6. The summed E-state index contributed by atoms with van der Waals surface area (Å²) in [6.45, 7) is 4.18. The summed E-state index contributed by atoms with van der Waals surface area (Å²) in [5.74, 6) is 0.742. The van der Waals surface area contributed by atoms with Gasteiger partial charge in [0.2, 0.25) is 10.0 Å². The highest BCUT2D eigenvalue weighted by Gasteiger charge is 2.17. The minimum absolute atomic E-state index is 0.127. The largest absolute Gasteiger partial charge is 0.493 e. The van der Waals surface area contributed by atoms with E-state index in [9.17, 15) is 13.2 Å². The summed E-state index contributed by atoms with van der Waals surface area (Å²) in [6.07, 6.45) is 0. The monoisotopic (exact) mass is 447 g/mol. The summed E-state index contributed by atoms with van der Waals surface area (Å²) < 4.78 is 39.2. The van der Waals surface area contributed by atoms with Crippen LogP contribution < -0.4 is 19.5 Å². The van der Waals surface area contributed by atoms with Crippen LogP contribution >= 0.6 is 0 Å². The number of methoxy groups -OCH3 is 2. The Bertz CT molecular complexity index is 1190. The second-order valence-corrected chi connectivity index (χ2v) is 8.78. The average molecular weight is 448 g/mol. The van der Waals surface area contributed by atoms with Crippen molar-refractivity contribution in [3.63, 3.8) is 0 Å². The van der Waals surface area contributed by atoms with E-state index in [4.69, 9.17) is 9.47 Å². The van der Waals surface area contributed by atoms with Gasteiger partial charge in [-0.15, -0.1) is 5.10 Å². The molecule has 11 heteroatoms. The molecular weight excluding hydrogens is 422 g/mol. The van der Waals surface area contributed by atoms with Crippen molar-refractivity contribution >= 4 is 27.0 Å². The van der Waals surface area contributed by atoms with E-state index >= 15 is 0 Å². The number of hydrogen-bond donors (Lipinski definition) is 2. The fraction of sp³-hybridized carbons (Fsp3) is 0.350. The van der Waals surface area contributed by atoms with Gasteiger partial charge in [-0.25, -0.2) is 17.8 Å². The number of nitrogens with zero attached hydrogens (tertiary/aromatic N) is 3. The first-order valence-electron chi connectivity index (χ1n) is 9.61. The first kappa shape index (κ1) is 22.5. The van der Waals surface area contributed by atoms with Gasteiger partial charge in [0, 0.05) is 18.2 Å². The molecule has 0 aliphatic rings. The molecule has 1 amide bonds. The smallest absolute Gasteiger partial charge is 0.251 e. The molecule has 0 aliphatic carbocycles. The fourth-order valence-corrected chi connectivity index (χ4v) is 4.29. The number of aromatic nitrogens is 3. The molecule has 2 aromatic carbocycles. The van der Waals surface area contributed by atoms with Crippen LogP contribution in [0.2, 0.25) is 0 Å². The minimum atomic E-state index is -3.61. The number of carbonyl (C=O) groups is 1. The number of fused-ring (bicyclic) bond motifs is 1. The highest BCUT2D eigenvalue weighted by atomic mass is 32.2. The second kappa shape index (κ2) is 9.31. The van der Waals surface area contributed by atoms with Crippen LogP contribution in [0.5, 0.6) is 11.5 Å². The Morgan fingerprint density at radius 3 is 2.52 bits per heavy atom. The van der Waals surface area contributed by atoms with Crippen LogP contribution in [0.25, 0.3) is 11.0 Å². The van der Waals surface area contributed by atoms with Crippen molar-refractivity contribution in [1.82, 2.24) is 25.0 Å². The zero-order valence-corrected chi connectivity index (χ0v) is 18.6. The molecule has 3 aromatic rings. The van der Waals surface area contributed by atoms with Gasteiger partial charge in [-0.05, 0) is 50.2 Å². The number of ether oxygens (including phenoxy) is 2. The van der Waals surface area contributed by atoms with Crippen molar-refractivity contribution in [1.29, 1.82) is 0 Å². The maximum atomic E-state index is 12.4. The van der Waals surface area contributed by atoms with E-state index in [0.29, 0.717) is 41.2 Å². The summed E-state index contributed by atoms with van der Waals surface area (Å²) in [5, 5.41) is 10.9. The van der Waals surface area contributed by atoms with Gasteiger partial charge in [-0.3, -0.25) is 4.79 Å². The highest BCUT2D eigenvalue weighted by molar-refractivity contribution is 7.89. The molecule has 1 heterocycles. The van der Waals surface area contributed by atoms with Crippen molar-refractivity contribution in [3.05, 3.63) is 42.0 Å². The van der Waals surface area contributed by atoms with Gasteiger partial charge in [0.25, 0.3) is 5.91 Å². The number of hydrogen-bond acceptors (Lipinski definition) is 7. The molecule has 0 saturated carbocycles. The van der Waals surface area contributed by atoms with Crippen LogP contribution in [-0.4, -0.2) is 56.1 Å². The predicted octanol–water partition coefficient (Wildman–Crippen LogP) is 1.57. The standard InChI is InChI=1S/C20H25N5O5S/c1-13(2)23-31(27,28)15-6-7-17-16(12-15)22-24-25(17)10-9-21-20(26)14-5-8-18(29-3)19(11-14)30-4/h5-8,11-13,23H,9-10H2,1-4H3,(H,21,26). The van der Waals surface area contributed by atoms with E-state index in [1.807, 2.05) is 0 Å². The molecule has 0 saturated heterocycles. The topological polar surface area (TPSA) is 124 Å². The normalized spacial score (nSPS) is 11.6. The Balaban J connectivity index is 1.67. The molecule has 0 spiro atoms. The molecule has 3 rings (SSSR count). The molecule has 31 heavy (non-hydrogen) atoms. The molecule has 1 aromatic heterocycles. The summed E-state index contributed by atoms with van der Waals surface area (Å²) in [6, 6.07) is 9.34. The van der Waals surface area contributed by atoms with Gasteiger partial charge >= 0.3 is 0 Å². The number of amides is 1. The SMILES string of the molecule is COc1ccc(C(=O)NCCn2nnc3cc(S(=O)(=O)NC(C)C)ccc32)cc1OC. The van der Waals surface area contributed by atoms with E-state index in [1.54, 1.807) is 42.8 Å². The van der Waals surface area contributed by atoms with Gasteiger partial charge in [0.1, 0.15) is 5.52 Å². The van der Waals surface area contributed by atoms with Crippen molar-refractivity contribution in [2.75, 3.05) is 20.8 Å². The summed E-state index contributed by atoms with van der Waals surface area (Å²) in [5.41, 5.74) is 1.57. The molecule has 0 fully saturated rings. The molecule has 0 aliphatic heterocycles. The van der Waals surface area contributed by atoms with E-state index in [1.165, 1.54) is 26.4 Å². The lowest BCUT2D eigenvalue weighted by molar-refractivity contribution is 0.0951. The van der Waals surface area contributed by atoms with Crippen molar-refractivity contribution < 1.29 is 22.7 Å². The van der Waals surface area contributed by atoms with E-state index in [0.717, 1.165) is 0 Å². The van der Waals surface area contributed by atoms with Crippen molar-refractivity contribution in [2.24, 2.45) is 0 Å². The number of carbonyl (C=O) groups excluding carboxylic acids is 1. The van der Waals surface area contributed by atoms with Crippen molar-refractivity contribution in [3.8, 4) is 11.5 Å². The predicted molar refractivity (Wildman–Crippen MR) is 115 cm³/mol. The number of benzene rings is 2. The fourth-order valence-electron chi connectivity index (χ4n) is 3.02. The highest BCUT2D eigenvalue weighted by Crippen LogP contribution is 2.27. The van der Waals surface area contributed by atoms with Crippen LogP contribution in [0.3, 0.4) is 0 Å². The average Bonchev–Trinajstić information content (AvgIpc) is 3.14. The first-order valence-corrected chi connectivity index (χ1v) is 11.1. The Morgan fingerprint density at radius 1 is 1.10 bits per heavy atom. The zero-order valence-electron chi connectivity index (χ0n) is 17.7. The van der Waals surface area contributed by atoms with Crippen LogP contribution in [0.15, 0.2) is 41.3 Å². The van der Waals surface area contributed by atoms with E-state index in [-0.39, 0.29) is 16.8 Å². The molecular formula is C20H25N5O5S. The van der Waals surface area contributed by atoms with Crippen LogP contribution in [-0.2, 0) is 16.6 Å². The lowest BCUT2D eigenvalue weighted by Crippen LogP contribution is -2.30. The third kappa shape index (κ3) is 5.12. The molecule has 2 N–H and O–H groups in total. The van der Waals surface area contributed by atoms with Gasteiger partial charge in [-0.2, -0.15) is 0 Å². The Labute approximate surface area is 180 Å². The number of sulfonamides is 1. The van der Waals surface area contributed by atoms with Crippen molar-refractivity contribution in [2.45, 2.75) is 31.3 Å². The molecule has 0 unspecified atom stereocenters. The Kier molecular flexibility index (Phi) is 6.76. The Morgan fingerprint density at radius 2 is 1.84 bits per heavy atom. The van der Waals surface area contributed by atoms with Crippen LogP contribution in [0.4, 0.5) is 0 Å². The lowest BCUT2D eigenvalue weighted by Gasteiger charge is -2.10. The van der Waals surface area contributed by atoms with E-state index in [2.05, 4.69) is 20.4 Å². The minimum Gasteiger partial charge on any atom is -0.493 e. The lowest BCUT2D eigenvalue weighted by atomic mass is 10.2. The molecule has 10 nitrogen and oxygen atoms in total. The molecule has 0 radical (unpaired) electrons. The summed E-state index contributed by atoms with van der Waals surface area (Å²) in [7, 11) is -0.583. The molecule has 0 atom stereocenters. The third-order valence-corrected chi connectivity index (χ3v) is 6.10. The number of nitrogens with one attached hydrogen (secondary N) is 2. The number of rotatable bonds is 9. The van der Waals surface area contributed by atoms with Gasteiger partial charge in [-0.1, -0.05) is 5.21 Å². The van der Waals surface area contributed by atoms with E-state index < -0.39 is 10.0 Å². The van der Waals surface area contributed by atoms with Gasteiger partial charge < -0.3 is 14.8 Å². The maximum Gasteiger partial charge on any atom is 0.251 e. The van der Waals surface area contributed by atoms with Crippen LogP contribution in [0.1, 0.15) is 24.2 Å². The molecule has 166 valence electrons. The maximum absolute atomic E-state index is 12.4. The quantitative estimate of drug-likeness (QED) is 0.510.